The average molecular weight is 355 g/mol. The van der Waals surface area contributed by atoms with Crippen molar-refractivity contribution in [1.82, 2.24) is 15.3 Å². The molecule has 2 rings (SSSR count). The number of hydrogen-bond acceptors (Lipinski definition) is 5. The summed E-state index contributed by atoms with van der Waals surface area (Å²) in [4.78, 5) is 22.7. The number of alkyl carbamates (subject to hydrolysis) is 1. The molecule has 0 saturated carbocycles. The van der Waals surface area contributed by atoms with Crippen molar-refractivity contribution in [3.8, 4) is 0 Å². The minimum Gasteiger partial charge on any atom is -0.444 e. The standard InChI is InChI=1S/C17H27ClN4O2/c1-5-7-12-10-14(21-15(18)19-12)22-9-6-8-13(11-22)20-16(23)24-17(2,3)4/h10,13H,5-9,11H2,1-4H3,(H,20,23). The highest BCUT2D eigenvalue weighted by molar-refractivity contribution is 6.28. The predicted octanol–water partition coefficient (Wildman–Crippen LogP) is 3.58. The molecular formula is C17H27ClN4O2. The lowest BCUT2D eigenvalue weighted by Crippen LogP contribution is -2.49. The molecule has 0 bridgehead atoms. The molecule has 7 heteroatoms. The molecule has 1 aliphatic heterocycles. The van der Waals surface area contributed by atoms with E-state index in [-0.39, 0.29) is 17.4 Å². The van der Waals surface area contributed by atoms with Gasteiger partial charge in [0.1, 0.15) is 11.4 Å². The number of anilines is 1. The topological polar surface area (TPSA) is 67.4 Å². The highest BCUT2D eigenvalue weighted by Crippen LogP contribution is 2.21. The molecule has 134 valence electrons. The van der Waals surface area contributed by atoms with Crippen molar-refractivity contribution in [2.45, 2.75) is 65.0 Å². The van der Waals surface area contributed by atoms with Crippen LogP contribution in [0.2, 0.25) is 5.28 Å². The van der Waals surface area contributed by atoms with Crippen LogP contribution in [0.25, 0.3) is 0 Å². The summed E-state index contributed by atoms with van der Waals surface area (Å²) >= 11 is 6.06. The molecule has 0 aliphatic carbocycles. The van der Waals surface area contributed by atoms with Crippen LogP contribution in [-0.4, -0.2) is 40.8 Å². The highest BCUT2D eigenvalue weighted by Gasteiger charge is 2.25. The maximum Gasteiger partial charge on any atom is 0.407 e. The Kier molecular flexibility index (Phi) is 6.27. The number of aryl methyl sites for hydroxylation is 1. The van der Waals surface area contributed by atoms with Gasteiger partial charge in [0.05, 0.1) is 0 Å². The molecule has 24 heavy (non-hydrogen) atoms. The molecular weight excluding hydrogens is 328 g/mol. The number of carbonyl (C=O) groups is 1. The molecule has 1 amide bonds. The Hall–Kier alpha value is -1.56. The SMILES string of the molecule is CCCc1cc(N2CCCC(NC(=O)OC(C)(C)C)C2)nc(Cl)n1. The van der Waals surface area contributed by atoms with Crippen LogP contribution in [0.5, 0.6) is 0 Å². The van der Waals surface area contributed by atoms with Gasteiger partial charge in [-0.25, -0.2) is 14.8 Å². The lowest BCUT2D eigenvalue weighted by molar-refractivity contribution is 0.0500. The Labute approximate surface area is 148 Å². The fraction of sp³-hybridized carbons (Fsp3) is 0.706. The van der Waals surface area contributed by atoms with Gasteiger partial charge in [-0.2, -0.15) is 0 Å². The largest absolute Gasteiger partial charge is 0.444 e. The van der Waals surface area contributed by atoms with Crippen LogP contribution < -0.4 is 10.2 Å². The van der Waals surface area contributed by atoms with Crippen LogP contribution in [0.3, 0.4) is 0 Å². The maximum atomic E-state index is 12.0. The van der Waals surface area contributed by atoms with E-state index in [1.165, 1.54) is 0 Å². The van der Waals surface area contributed by atoms with Crippen molar-refractivity contribution in [2.24, 2.45) is 0 Å². The lowest BCUT2D eigenvalue weighted by atomic mass is 10.1. The number of rotatable bonds is 4. The van der Waals surface area contributed by atoms with Crippen molar-refractivity contribution >= 4 is 23.5 Å². The Morgan fingerprint density at radius 2 is 2.21 bits per heavy atom. The van der Waals surface area contributed by atoms with Gasteiger partial charge in [-0.05, 0) is 51.6 Å². The summed E-state index contributed by atoms with van der Waals surface area (Å²) in [7, 11) is 0. The molecule has 0 spiro atoms. The van der Waals surface area contributed by atoms with Gasteiger partial charge < -0.3 is 15.0 Å². The van der Waals surface area contributed by atoms with Gasteiger partial charge in [0.25, 0.3) is 0 Å². The number of halogens is 1. The molecule has 1 aliphatic rings. The molecule has 1 aromatic heterocycles. The van der Waals surface area contributed by atoms with Crippen molar-refractivity contribution < 1.29 is 9.53 Å². The normalized spacial score (nSPS) is 18.4. The van der Waals surface area contributed by atoms with Crippen molar-refractivity contribution in [2.75, 3.05) is 18.0 Å². The molecule has 2 heterocycles. The van der Waals surface area contributed by atoms with Crippen molar-refractivity contribution in [3.05, 3.63) is 17.0 Å². The number of ether oxygens (including phenoxy) is 1. The Balaban J connectivity index is 2.01. The van der Waals surface area contributed by atoms with Crippen LogP contribution in [0.1, 0.15) is 52.7 Å². The van der Waals surface area contributed by atoms with E-state index in [4.69, 9.17) is 16.3 Å². The summed E-state index contributed by atoms with van der Waals surface area (Å²) in [6.07, 6.45) is 3.42. The van der Waals surface area contributed by atoms with Crippen molar-refractivity contribution in [1.29, 1.82) is 0 Å². The number of hydrogen-bond donors (Lipinski definition) is 1. The van der Waals surface area contributed by atoms with Crippen LogP contribution in [0.4, 0.5) is 10.6 Å². The smallest absolute Gasteiger partial charge is 0.407 e. The fourth-order valence-corrected chi connectivity index (χ4v) is 2.97. The first-order chi connectivity index (χ1) is 11.3. The van der Waals surface area contributed by atoms with E-state index in [1.807, 2.05) is 26.8 Å². The number of amides is 1. The Morgan fingerprint density at radius 3 is 2.88 bits per heavy atom. The van der Waals surface area contributed by atoms with E-state index in [0.717, 1.165) is 43.7 Å². The fourth-order valence-electron chi connectivity index (χ4n) is 2.78. The summed E-state index contributed by atoms with van der Waals surface area (Å²) in [6, 6.07) is 2.03. The minimum absolute atomic E-state index is 0.0389. The zero-order valence-corrected chi connectivity index (χ0v) is 15.7. The van der Waals surface area contributed by atoms with Crippen LogP contribution in [0, 0.1) is 0 Å². The Morgan fingerprint density at radius 1 is 1.46 bits per heavy atom. The Bertz CT molecular complexity index is 574. The van der Waals surface area contributed by atoms with Gasteiger partial charge in [-0.1, -0.05) is 13.3 Å². The molecule has 1 N–H and O–H groups in total. The van der Waals surface area contributed by atoms with Gasteiger partial charge in [0.15, 0.2) is 0 Å². The van der Waals surface area contributed by atoms with Crippen LogP contribution >= 0.6 is 11.6 Å². The number of aromatic nitrogens is 2. The first-order valence-corrected chi connectivity index (χ1v) is 8.92. The molecule has 0 aromatic carbocycles. The second-order valence-electron chi connectivity index (χ2n) is 7.17. The summed E-state index contributed by atoms with van der Waals surface area (Å²) in [5.74, 6) is 0.828. The molecule has 1 atom stereocenters. The number of nitrogens with zero attached hydrogens (tertiary/aromatic N) is 3. The molecule has 1 saturated heterocycles. The van der Waals surface area contributed by atoms with Crippen LogP contribution in [0.15, 0.2) is 6.07 Å². The van der Waals surface area contributed by atoms with E-state index in [2.05, 4.69) is 27.1 Å². The summed E-state index contributed by atoms with van der Waals surface area (Å²) < 4.78 is 5.34. The summed E-state index contributed by atoms with van der Waals surface area (Å²) in [6.45, 7) is 9.27. The van der Waals surface area contributed by atoms with Crippen LogP contribution in [-0.2, 0) is 11.2 Å². The summed E-state index contributed by atoms with van der Waals surface area (Å²) in [5.41, 5.74) is 0.461. The van der Waals surface area contributed by atoms with Gasteiger partial charge in [0.2, 0.25) is 5.28 Å². The number of carbonyl (C=O) groups excluding carboxylic acids is 1. The maximum absolute atomic E-state index is 12.0. The number of piperidine rings is 1. The monoisotopic (exact) mass is 354 g/mol. The summed E-state index contributed by atoms with van der Waals surface area (Å²) in [5, 5.41) is 3.23. The first kappa shape index (κ1) is 18.8. The van der Waals surface area contributed by atoms with E-state index in [0.29, 0.717) is 6.54 Å². The van der Waals surface area contributed by atoms with Crippen molar-refractivity contribution in [3.63, 3.8) is 0 Å². The molecule has 1 aromatic rings. The van der Waals surface area contributed by atoms with Gasteiger partial charge in [-0.15, -0.1) is 0 Å². The van der Waals surface area contributed by atoms with Gasteiger partial charge >= 0.3 is 6.09 Å². The van der Waals surface area contributed by atoms with E-state index in [9.17, 15) is 4.79 Å². The zero-order chi connectivity index (χ0) is 17.7. The van der Waals surface area contributed by atoms with E-state index in [1.54, 1.807) is 0 Å². The predicted molar refractivity (Wildman–Crippen MR) is 95.6 cm³/mol. The quantitative estimate of drug-likeness (QED) is 0.837. The van der Waals surface area contributed by atoms with Gasteiger partial charge in [0, 0.05) is 30.9 Å². The van der Waals surface area contributed by atoms with Gasteiger partial charge in [-0.3, -0.25) is 0 Å². The average Bonchev–Trinajstić information content (AvgIpc) is 2.45. The zero-order valence-electron chi connectivity index (χ0n) is 14.9. The molecule has 1 unspecified atom stereocenters. The first-order valence-electron chi connectivity index (χ1n) is 8.55. The third-order valence-corrected chi connectivity index (χ3v) is 3.88. The number of nitrogens with one attached hydrogen (secondary N) is 1. The van der Waals surface area contributed by atoms with E-state index >= 15 is 0 Å². The minimum atomic E-state index is -0.492. The highest BCUT2D eigenvalue weighted by atomic mass is 35.5. The van der Waals surface area contributed by atoms with E-state index < -0.39 is 5.60 Å². The second kappa shape index (κ2) is 8.01. The molecule has 6 nitrogen and oxygen atoms in total. The third-order valence-electron chi connectivity index (χ3n) is 3.71. The second-order valence-corrected chi connectivity index (χ2v) is 7.51. The lowest BCUT2D eigenvalue weighted by Gasteiger charge is -2.34. The third kappa shape index (κ3) is 5.82. The molecule has 0 radical (unpaired) electrons. The molecule has 1 fully saturated rings.